The Morgan fingerprint density at radius 2 is 2.00 bits per heavy atom. The number of para-hydroxylation sites is 1. The van der Waals surface area contributed by atoms with Crippen LogP contribution in [-0.2, 0) is 0 Å². The number of ether oxygens (including phenoxy) is 1. The third-order valence-electron chi connectivity index (χ3n) is 4.69. The number of hydrogen-bond donors (Lipinski definition) is 2. The molecular weight excluding hydrogens is 309 g/mol. The molecule has 0 radical (unpaired) electrons. The van der Waals surface area contributed by atoms with Crippen LogP contribution in [0.15, 0.2) is 18.2 Å². The molecule has 0 heterocycles. The average Bonchev–Trinajstić information content (AvgIpc) is 3.07. The van der Waals surface area contributed by atoms with Crippen LogP contribution in [0, 0.1) is 11.8 Å². The summed E-state index contributed by atoms with van der Waals surface area (Å²) in [5.74, 6) is 2.16. The van der Waals surface area contributed by atoms with E-state index in [0.717, 1.165) is 11.8 Å². The lowest BCUT2D eigenvalue weighted by Gasteiger charge is -2.24. The molecular formula is C16H21Cl2NO2. The quantitative estimate of drug-likeness (QED) is 0.839. The molecule has 3 rings (SSSR count). The van der Waals surface area contributed by atoms with E-state index >= 15 is 0 Å². The minimum Gasteiger partial charge on any atom is -0.488 e. The number of benzene rings is 1. The molecule has 116 valence electrons. The molecule has 21 heavy (non-hydrogen) atoms. The van der Waals surface area contributed by atoms with Crippen LogP contribution in [0.5, 0.6) is 5.75 Å². The van der Waals surface area contributed by atoms with Crippen LogP contribution in [0.1, 0.15) is 25.7 Å². The summed E-state index contributed by atoms with van der Waals surface area (Å²) in [6, 6.07) is 5.79. The van der Waals surface area contributed by atoms with Crippen LogP contribution in [0.25, 0.3) is 0 Å². The Hall–Kier alpha value is -0.480. The monoisotopic (exact) mass is 329 g/mol. The molecule has 4 atom stereocenters. The van der Waals surface area contributed by atoms with Crippen molar-refractivity contribution in [1.29, 1.82) is 0 Å². The fourth-order valence-electron chi connectivity index (χ4n) is 3.64. The second kappa shape index (κ2) is 6.74. The van der Waals surface area contributed by atoms with E-state index in [1.54, 1.807) is 18.2 Å². The third-order valence-corrected chi connectivity index (χ3v) is 5.29. The molecule has 2 aliphatic rings. The predicted octanol–water partition coefficient (Wildman–Crippen LogP) is 3.51. The van der Waals surface area contributed by atoms with Crippen molar-refractivity contribution in [3.05, 3.63) is 28.2 Å². The van der Waals surface area contributed by atoms with E-state index in [4.69, 9.17) is 27.9 Å². The number of halogens is 2. The van der Waals surface area contributed by atoms with Crippen molar-refractivity contribution >= 4 is 23.2 Å². The molecule has 2 saturated carbocycles. The molecule has 2 aliphatic carbocycles. The van der Waals surface area contributed by atoms with E-state index in [0.29, 0.717) is 28.4 Å². The number of nitrogens with one attached hydrogen (secondary N) is 1. The zero-order valence-electron chi connectivity index (χ0n) is 11.9. The molecule has 5 heteroatoms. The first-order valence-electron chi connectivity index (χ1n) is 7.61. The van der Waals surface area contributed by atoms with Gasteiger partial charge in [-0.15, -0.1) is 0 Å². The summed E-state index contributed by atoms with van der Waals surface area (Å²) >= 11 is 12.1. The molecule has 4 unspecified atom stereocenters. The van der Waals surface area contributed by atoms with Crippen LogP contribution in [0.3, 0.4) is 0 Å². The lowest BCUT2D eigenvalue weighted by Crippen LogP contribution is -2.40. The predicted molar refractivity (Wildman–Crippen MR) is 85.2 cm³/mol. The fourth-order valence-corrected chi connectivity index (χ4v) is 4.15. The lowest BCUT2D eigenvalue weighted by atomic mass is 9.95. The zero-order chi connectivity index (χ0) is 14.8. The van der Waals surface area contributed by atoms with E-state index in [-0.39, 0.29) is 6.61 Å². The van der Waals surface area contributed by atoms with Gasteiger partial charge in [0.1, 0.15) is 12.7 Å². The second-order valence-corrected chi connectivity index (χ2v) is 7.02. The number of aliphatic hydroxyl groups is 1. The Morgan fingerprint density at radius 3 is 2.62 bits per heavy atom. The summed E-state index contributed by atoms with van der Waals surface area (Å²) < 4.78 is 5.55. The molecule has 0 aromatic heterocycles. The second-order valence-electron chi connectivity index (χ2n) is 6.21. The number of aliphatic hydroxyl groups excluding tert-OH is 1. The van der Waals surface area contributed by atoms with Gasteiger partial charge in [0.25, 0.3) is 0 Å². The molecule has 2 N–H and O–H groups in total. The highest BCUT2D eigenvalue weighted by Gasteiger charge is 2.39. The molecule has 2 bridgehead atoms. The van der Waals surface area contributed by atoms with Gasteiger partial charge in [-0.2, -0.15) is 0 Å². The maximum atomic E-state index is 10.0. The summed E-state index contributed by atoms with van der Waals surface area (Å²) in [5, 5.41) is 14.5. The van der Waals surface area contributed by atoms with Crippen LogP contribution < -0.4 is 10.1 Å². The van der Waals surface area contributed by atoms with Gasteiger partial charge < -0.3 is 15.2 Å². The summed E-state index contributed by atoms with van der Waals surface area (Å²) in [6.07, 6.45) is 4.79. The normalized spacial score (nSPS) is 28.8. The van der Waals surface area contributed by atoms with E-state index in [1.165, 1.54) is 25.7 Å². The number of rotatable bonds is 6. The molecule has 0 aliphatic heterocycles. The van der Waals surface area contributed by atoms with Gasteiger partial charge >= 0.3 is 0 Å². The summed E-state index contributed by atoms with van der Waals surface area (Å²) in [5.41, 5.74) is 0. The van der Waals surface area contributed by atoms with E-state index < -0.39 is 6.10 Å². The van der Waals surface area contributed by atoms with Gasteiger partial charge in [-0.25, -0.2) is 0 Å². The van der Waals surface area contributed by atoms with E-state index in [9.17, 15) is 5.11 Å². The van der Waals surface area contributed by atoms with Gasteiger partial charge in [-0.05, 0) is 43.2 Å². The molecule has 0 saturated heterocycles. The first-order valence-corrected chi connectivity index (χ1v) is 8.37. The van der Waals surface area contributed by atoms with Gasteiger partial charge in [-0.3, -0.25) is 0 Å². The Kier molecular flexibility index (Phi) is 4.95. The molecule has 2 fully saturated rings. The Bertz CT molecular complexity index is 477. The van der Waals surface area contributed by atoms with Gasteiger partial charge in [0.2, 0.25) is 0 Å². The lowest BCUT2D eigenvalue weighted by molar-refractivity contribution is 0.101. The topological polar surface area (TPSA) is 41.5 Å². The molecule has 3 nitrogen and oxygen atoms in total. The summed E-state index contributed by atoms with van der Waals surface area (Å²) in [4.78, 5) is 0. The Balaban J connectivity index is 1.43. The largest absolute Gasteiger partial charge is 0.488 e. The van der Waals surface area contributed by atoms with Gasteiger partial charge in [-0.1, -0.05) is 35.7 Å². The maximum absolute atomic E-state index is 10.0. The standard InChI is InChI=1S/C16H21Cl2NO2/c17-13-2-1-3-14(18)16(13)21-9-12(20)8-19-15-7-10-4-5-11(15)6-10/h1-3,10-12,15,19-20H,4-9H2. The summed E-state index contributed by atoms with van der Waals surface area (Å²) in [6.45, 7) is 0.743. The van der Waals surface area contributed by atoms with Crippen molar-refractivity contribution < 1.29 is 9.84 Å². The van der Waals surface area contributed by atoms with Crippen LogP contribution in [0.4, 0.5) is 0 Å². The van der Waals surface area contributed by atoms with Gasteiger partial charge in [0, 0.05) is 12.6 Å². The fraction of sp³-hybridized carbons (Fsp3) is 0.625. The highest BCUT2D eigenvalue weighted by Crippen LogP contribution is 2.44. The molecule has 0 amide bonds. The first kappa shape index (κ1) is 15.4. The zero-order valence-corrected chi connectivity index (χ0v) is 13.4. The van der Waals surface area contributed by atoms with Crippen LogP contribution in [0.2, 0.25) is 10.0 Å². The van der Waals surface area contributed by atoms with Crippen molar-refractivity contribution in [2.75, 3.05) is 13.2 Å². The van der Waals surface area contributed by atoms with Gasteiger partial charge in [0.05, 0.1) is 10.0 Å². The molecule has 0 spiro atoms. The maximum Gasteiger partial charge on any atom is 0.156 e. The first-order chi connectivity index (χ1) is 10.1. The van der Waals surface area contributed by atoms with Crippen molar-refractivity contribution in [2.45, 2.75) is 37.8 Å². The van der Waals surface area contributed by atoms with E-state index in [2.05, 4.69) is 5.32 Å². The third kappa shape index (κ3) is 3.65. The minimum atomic E-state index is -0.559. The number of hydrogen-bond acceptors (Lipinski definition) is 3. The van der Waals surface area contributed by atoms with Crippen LogP contribution >= 0.6 is 23.2 Å². The Morgan fingerprint density at radius 1 is 1.24 bits per heavy atom. The van der Waals surface area contributed by atoms with Gasteiger partial charge in [0.15, 0.2) is 5.75 Å². The highest BCUT2D eigenvalue weighted by molar-refractivity contribution is 6.37. The Labute approximate surface area is 135 Å². The SMILES string of the molecule is OC(CNC1CC2CCC1C2)COc1c(Cl)cccc1Cl. The van der Waals surface area contributed by atoms with E-state index in [1.807, 2.05) is 0 Å². The van der Waals surface area contributed by atoms with Crippen molar-refractivity contribution in [1.82, 2.24) is 5.32 Å². The molecule has 1 aromatic rings. The smallest absolute Gasteiger partial charge is 0.156 e. The van der Waals surface area contributed by atoms with Crippen molar-refractivity contribution in [3.8, 4) is 5.75 Å². The minimum absolute atomic E-state index is 0.192. The average molecular weight is 330 g/mol. The summed E-state index contributed by atoms with van der Waals surface area (Å²) in [7, 11) is 0. The van der Waals surface area contributed by atoms with Crippen molar-refractivity contribution in [2.24, 2.45) is 11.8 Å². The number of fused-ring (bicyclic) bond motifs is 2. The van der Waals surface area contributed by atoms with Crippen molar-refractivity contribution in [3.63, 3.8) is 0 Å². The molecule has 1 aromatic carbocycles. The van der Waals surface area contributed by atoms with Crippen LogP contribution in [-0.4, -0.2) is 30.4 Å². The highest BCUT2D eigenvalue weighted by atomic mass is 35.5.